The summed E-state index contributed by atoms with van der Waals surface area (Å²) in [7, 11) is 21.3. The Kier molecular flexibility index (Phi) is 7.18. The van der Waals surface area contributed by atoms with Gasteiger partial charge < -0.3 is 0 Å². The van der Waals surface area contributed by atoms with E-state index in [1.165, 1.54) is 55.9 Å². The molecule has 2 atom stereocenters. The summed E-state index contributed by atoms with van der Waals surface area (Å²) < 4.78 is 4.68. The number of rotatable bonds is 7. The average molecular weight is 666 g/mol. The van der Waals surface area contributed by atoms with Crippen LogP contribution in [0.2, 0.25) is 13.1 Å². The molecule has 6 rings (SSSR count). The normalized spacial score (nSPS) is 19.3. The number of aromatic nitrogens is 2. The Bertz CT molecular complexity index is 1570. The van der Waals surface area contributed by atoms with Gasteiger partial charge in [0.25, 0.3) is 0 Å². The van der Waals surface area contributed by atoms with E-state index in [-0.39, 0.29) is 7.25 Å². The van der Waals surface area contributed by atoms with E-state index in [0.717, 1.165) is 12.8 Å². The Morgan fingerprint density at radius 3 is 1.43 bits per heavy atom. The van der Waals surface area contributed by atoms with Crippen LogP contribution in [0.25, 0.3) is 34.7 Å². The second-order valence-corrected chi connectivity index (χ2v) is 54.5. The first-order valence-corrected chi connectivity index (χ1v) is 30.9. The second-order valence-electron chi connectivity index (χ2n) is 12.0. The van der Waals surface area contributed by atoms with Gasteiger partial charge >= 0.3 is 250 Å². The van der Waals surface area contributed by atoms with E-state index in [4.69, 9.17) is 17.0 Å². The van der Waals surface area contributed by atoms with Crippen LogP contribution < -0.4 is 0 Å². The van der Waals surface area contributed by atoms with Crippen molar-refractivity contribution >= 4 is 35.1 Å². The Labute approximate surface area is 248 Å². The standard InChI is InChI=1S/2C16H16N.C2H7Si.2ClH.Zr/c2*1-3-12-10-13-6-4-7-14(15(13)11-12)16-8-5-9-17(16)2;1-3-2;;;/h2*4-11H,3H2,1-2H3;3H,1-2H3;2*1H;/q;;;;;+2/p-2. The van der Waals surface area contributed by atoms with Gasteiger partial charge in [0.1, 0.15) is 0 Å². The summed E-state index contributed by atoms with van der Waals surface area (Å²) >= 11 is -4.71. The summed E-state index contributed by atoms with van der Waals surface area (Å²) in [6.45, 7) is 9.43. The molecular weight excluding hydrogens is 627 g/mol. The molecule has 0 amide bonds. The van der Waals surface area contributed by atoms with Gasteiger partial charge in [-0.3, -0.25) is 0 Å². The van der Waals surface area contributed by atoms with Gasteiger partial charge in [0, 0.05) is 0 Å². The Morgan fingerprint density at radius 2 is 1.10 bits per heavy atom. The van der Waals surface area contributed by atoms with Crippen molar-refractivity contribution in [1.82, 2.24) is 9.13 Å². The van der Waals surface area contributed by atoms with Crippen LogP contribution in [0.4, 0.5) is 0 Å². The third-order valence-electron chi connectivity index (χ3n) is 9.76. The number of aryl methyl sites for hydroxylation is 2. The van der Waals surface area contributed by atoms with Gasteiger partial charge in [-0.1, -0.05) is 0 Å². The van der Waals surface area contributed by atoms with Gasteiger partial charge in [-0.25, -0.2) is 0 Å². The maximum absolute atomic E-state index is 8.51. The molecule has 0 bridgehead atoms. The van der Waals surface area contributed by atoms with Crippen molar-refractivity contribution in [3.63, 3.8) is 0 Å². The zero-order valence-electron chi connectivity index (χ0n) is 24.4. The molecule has 0 N–H and O–H groups in total. The van der Waals surface area contributed by atoms with Crippen LogP contribution in [0, 0.1) is 0 Å². The maximum atomic E-state index is 8.51. The Balaban J connectivity index is 1.60. The Hall–Kier alpha value is -1.84. The molecule has 0 radical (unpaired) electrons. The zero-order valence-corrected chi connectivity index (χ0v) is 29.5. The fourth-order valence-corrected chi connectivity index (χ4v) is 39.4. The summed E-state index contributed by atoms with van der Waals surface area (Å²) in [6, 6.07) is 22.3. The summed E-state index contributed by atoms with van der Waals surface area (Å²) in [5, 5.41) is 0. The minimum atomic E-state index is -4.71. The molecule has 0 saturated heterocycles. The number of halogens is 2. The average Bonchev–Trinajstić information content (AvgIpc) is 3.72. The number of allylic oxidation sites excluding steroid dienone is 2. The van der Waals surface area contributed by atoms with Crippen molar-refractivity contribution in [3.8, 4) is 22.5 Å². The fourth-order valence-electron chi connectivity index (χ4n) is 7.61. The van der Waals surface area contributed by atoms with Gasteiger partial charge in [0.05, 0.1) is 0 Å². The van der Waals surface area contributed by atoms with Crippen LogP contribution in [0.3, 0.4) is 0 Å². The predicted octanol–water partition coefficient (Wildman–Crippen LogP) is 10.1. The van der Waals surface area contributed by atoms with Crippen molar-refractivity contribution in [2.45, 2.75) is 47.0 Å². The van der Waals surface area contributed by atoms with E-state index < -0.39 is 21.5 Å². The van der Waals surface area contributed by atoms with Crippen molar-refractivity contribution in [2.24, 2.45) is 14.1 Å². The minimum absolute atomic E-state index is 0.126. The summed E-state index contributed by atoms with van der Waals surface area (Å²) in [5.74, 6) is -1.57. The van der Waals surface area contributed by atoms with Crippen LogP contribution in [-0.2, 0) is 29.7 Å². The van der Waals surface area contributed by atoms with Crippen LogP contribution in [0.15, 0.2) is 84.2 Å². The van der Waals surface area contributed by atoms with E-state index in [0.29, 0.717) is 0 Å². The summed E-state index contributed by atoms with van der Waals surface area (Å²) in [4.78, 5) is 0. The number of fused-ring (bicyclic) bond motifs is 2. The van der Waals surface area contributed by atoms with E-state index >= 15 is 0 Å². The third kappa shape index (κ3) is 3.97. The van der Waals surface area contributed by atoms with Crippen LogP contribution in [0.1, 0.15) is 56.2 Å². The van der Waals surface area contributed by atoms with Gasteiger partial charge in [-0.05, 0) is 0 Å². The topological polar surface area (TPSA) is 9.86 Å². The molecule has 6 heteroatoms. The van der Waals surface area contributed by atoms with Crippen molar-refractivity contribution < 1.29 is 15.6 Å². The van der Waals surface area contributed by atoms with Crippen LogP contribution >= 0.6 is 17.0 Å². The summed E-state index contributed by atoms with van der Waals surface area (Å²) in [6.07, 6.45) is 11.1. The van der Waals surface area contributed by atoms with Crippen LogP contribution in [0.5, 0.6) is 0 Å². The molecule has 4 aromatic rings. The zero-order chi connectivity index (χ0) is 28.4. The molecule has 2 nitrogen and oxygen atoms in total. The van der Waals surface area contributed by atoms with E-state index in [1.54, 1.807) is 0 Å². The molecule has 40 heavy (non-hydrogen) atoms. The molecule has 0 spiro atoms. The quantitative estimate of drug-likeness (QED) is 0.174. The molecule has 2 unspecified atom stereocenters. The van der Waals surface area contributed by atoms with Gasteiger partial charge in [-0.2, -0.15) is 0 Å². The van der Waals surface area contributed by atoms with Crippen molar-refractivity contribution in [1.29, 1.82) is 0 Å². The van der Waals surface area contributed by atoms with Crippen LogP contribution in [-0.4, -0.2) is 15.1 Å². The molecule has 0 saturated carbocycles. The number of hydrogen-bond donors (Lipinski definition) is 0. The van der Waals surface area contributed by atoms with Gasteiger partial charge in [0.15, 0.2) is 0 Å². The predicted molar refractivity (Wildman–Crippen MR) is 174 cm³/mol. The monoisotopic (exact) mass is 663 g/mol. The van der Waals surface area contributed by atoms with Crippen molar-refractivity contribution in [2.75, 3.05) is 0 Å². The molecule has 2 aromatic carbocycles. The molecule has 0 aliphatic heterocycles. The second kappa shape index (κ2) is 10.2. The SMILES string of the molecule is CCC1=Cc2c(-c3cccn3C)cccc2[CH]1[Zr]([Cl])([Cl])([CH]1C(CC)=Cc2c(-c3cccn3C)cccc21)[SiH](C)C. The first kappa shape index (κ1) is 28.3. The number of benzene rings is 2. The first-order valence-electron chi connectivity index (χ1n) is 14.6. The van der Waals surface area contributed by atoms with Gasteiger partial charge in [-0.15, -0.1) is 0 Å². The number of hydrogen-bond acceptors (Lipinski definition) is 0. The van der Waals surface area contributed by atoms with E-state index in [2.05, 4.69) is 135 Å². The molecule has 207 valence electrons. The molecule has 2 heterocycles. The fraction of sp³-hybridized carbons (Fsp3) is 0.294. The summed E-state index contributed by atoms with van der Waals surface area (Å²) in [5.41, 5.74) is 13.2. The van der Waals surface area contributed by atoms with E-state index in [1.807, 2.05) is 0 Å². The molecule has 2 aromatic heterocycles. The first-order chi connectivity index (χ1) is 19.1. The molecule has 0 fully saturated rings. The van der Waals surface area contributed by atoms with Gasteiger partial charge in [0.2, 0.25) is 0 Å². The Morgan fingerprint density at radius 1 is 0.675 bits per heavy atom. The van der Waals surface area contributed by atoms with E-state index in [9.17, 15) is 0 Å². The van der Waals surface area contributed by atoms with Crippen molar-refractivity contribution in [3.05, 3.63) is 106 Å². The molecule has 2 aliphatic rings. The molecule has 2 aliphatic carbocycles. The third-order valence-corrected chi connectivity index (χ3v) is 61.6. The number of nitrogens with zero attached hydrogens (tertiary/aromatic N) is 2. The molecular formula is C34H39Cl2N2SiZr.